The first-order chi connectivity index (χ1) is 10.0. The lowest BCUT2D eigenvalue weighted by molar-refractivity contribution is -0.383. The molecule has 1 aromatic carbocycles. The molecule has 1 aromatic rings. The van der Waals surface area contributed by atoms with Gasteiger partial charge in [0.05, 0.1) is 4.92 Å². The van der Waals surface area contributed by atoms with Crippen LogP contribution in [0.4, 0.5) is 17.1 Å². The second-order valence-electron chi connectivity index (χ2n) is 5.83. The molecule has 1 aliphatic heterocycles. The minimum absolute atomic E-state index is 0.124. The molecule has 1 aliphatic rings. The first kappa shape index (κ1) is 15.6. The number of anilines is 2. The van der Waals surface area contributed by atoms with E-state index in [-0.39, 0.29) is 10.6 Å². The summed E-state index contributed by atoms with van der Waals surface area (Å²) in [6.45, 7) is 7.36. The number of nitro groups is 1. The first-order valence-corrected chi connectivity index (χ1v) is 7.46. The predicted octanol–water partition coefficient (Wildman–Crippen LogP) is 2.78. The van der Waals surface area contributed by atoms with Crippen LogP contribution in [-0.2, 0) is 0 Å². The van der Waals surface area contributed by atoms with Crippen LogP contribution in [0.15, 0.2) is 18.2 Å². The minimum atomic E-state index is -0.330. The van der Waals surface area contributed by atoms with E-state index in [4.69, 9.17) is 0 Å². The van der Waals surface area contributed by atoms with Gasteiger partial charge in [0.1, 0.15) is 11.4 Å². The smallest absolute Gasteiger partial charge is 0.315 e. The topological polar surface area (TPSA) is 70.4 Å². The maximum absolute atomic E-state index is 11.3. The number of rotatable bonds is 6. The molecule has 2 rings (SSSR count). The van der Waals surface area contributed by atoms with Crippen LogP contribution in [0.1, 0.15) is 20.3 Å². The van der Waals surface area contributed by atoms with Crippen molar-refractivity contribution in [1.29, 1.82) is 0 Å². The van der Waals surface area contributed by atoms with Gasteiger partial charge < -0.3 is 15.5 Å². The Balaban J connectivity index is 2.02. The normalized spacial score (nSPS) is 19.0. The molecule has 0 saturated carbocycles. The van der Waals surface area contributed by atoms with Crippen molar-refractivity contribution in [2.45, 2.75) is 26.3 Å². The van der Waals surface area contributed by atoms with Gasteiger partial charge in [-0.15, -0.1) is 0 Å². The summed E-state index contributed by atoms with van der Waals surface area (Å²) in [6, 6.07) is 5.89. The summed E-state index contributed by atoms with van der Waals surface area (Å²) in [5.74, 6) is 0.547. The van der Waals surface area contributed by atoms with Crippen LogP contribution >= 0.6 is 0 Å². The van der Waals surface area contributed by atoms with Gasteiger partial charge >= 0.3 is 5.69 Å². The minimum Gasteiger partial charge on any atom is -0.382 e. The summed E-state index contributed by atoms with van der Waals surface area (Å²) in [5, 5.41) is 17.4. The first-order valence-electron chi connectivity index (χ1n) is 7.46. The summed E-state index contributed by atoms with van der Waals surface area (Å²) in [4.78, 5) is 13.4. The Kier molecular flexibility index (Phi) is 5.01. The van der Waals surface area contributed by atoms with Gasteiger partial charge in [-0.25, -0.2) is 0 Å². The highest BCUT2D eigenvalue weighted by atomic mass is 16.6. The molecule has 0 bridgehead atoms. The number of benzene rings is 1. The van der Waals surface area contributed by atoms with E-state index in [0.717, 1.165) is 26.1 Å². The van der Waals surface area contributed by atoms with Gasteiger partial charge in [-0.05, 0) is 44.9 Å². The van der Waals surface area contributed by atoms with Gasteiger partial charge in [-0.3, -0.25) is 10.1 Å². The summed E-state index contributed by atoms with van der Waals surface area (Å²) in [7, 11) is 1.70. The van der Waals surface area contributed by atoms with E-state index in [0.29, 0.717) is 23.3 Å². The molecule has 0 radical (unpaired) electrons. The second kappa shape index (κ2) is 6.76. The summed E-state index contributed by atoms with van der Waals surface area (Å²) in [6.07, 6.45) is 1.14. The van der Waals surface area contributed by atoms with Gasteiger partial charge in [0.25, 0.3) is 0 Å². The van der Waals surface area contributed by atoms with E-state index in [1.807, 2.05) is 6.07 Å². The van der Waals surface area contributed by atoms with Crippen LogP contribution in [0.2, 0.25) is 0 Å². The lowest BCUT2D eigenvalue weighted by Gasteiger charge is -2.20. The molecule has 1 heterocycles. The van der Waals surface area contributed by atoms with E-state index in [9.17, 15) is 10.1 Å². The Morgan fingerprint density at radius 3 is 2.71 bits per heavy atom. The highest BCUT2D eigenvalue weighted by molar-refractivity contribution is 5.76. The number of likely N-dealkylation sites (tertiary alicyclic amines) is 1. The number of hydrogen-bond donors (Lipinski definition) is 2. The van der Waals surface area contributed by atoms with Gasteiger partial charge in [0.2, 0.25) is 0 Å². The maximum atomic E-state index is 11.3. The van der Waals surface area contributed by atoms with Crippen LogP contribution in [0, 0.1) is 16.0 Å². The van der Waals surface area contributed by atoms with Crippen LogP contribution < -0.4 is 10.6 Å². The Morgan fingerprint density at radius 1 is 1.43 bits per heavy atom. The van der Waals surface area contributed by atoms with E-state index in [1.165, 1.54) is 0 Å². The van der Waals surface area contributed by atoms with Crippen molar-refractivity contribution in [3.63, 3.8) is 0 Å². The van der Waals surface area contributed by atoms with Crippen molar-refractivity contribution in [3.8, 4) is 0 Å². The van der Waals surface area contributed by atoms with Crippen molar-refractivity contribution in [2.24, 2.45) is 5.92 Å². The lowest BCUT2D eigenvalue weighted by Crippen LogP contribution is -2.29. The highest BCUT2D eigenvalue weighted by Crippen LogP contribution is 2.33. The molecule has 21 heavy (non-hydrogen) atoms. The lowest BCUT2D eigenvalue weighted by atomic mass is 10.1. The van der Waals surface area contributed by atoms with Crippen LogP contribution in [0.25, 0.3) is 0 Å². The molecule has 1 fully saturated rings. The summed E-state index contributed by atoms with van der Waals surface area (Å²) in [5.41, 5.74) is 1.26. The van der Waals surface area contributed by atoms with Crippen LogP contribution in [0.3, 0.4) is 0 Å². The van der Waals surface area contributed by atoms with Crippen LogP contribution in [-0.4, -0.2) is 42.5 Å². The predicted molar refractivity (Wildman–Crippen MR) is 85.9 cm³/mol. The second-order valence-corrected chi connectivity index (χ2v) is 5.83. The number of nitro benzene ring substituents is 1. The zero-order valence-corrected chi connectivity index (χ0v) is 12.9. The maximum Gasteiger partial charge on any atom is 0.315 e. The molecule has 1 atom stereocenters. The number of nitrogens with zero attached hydrogens (tertiary/aromatic N) is 2. The fourth-order valence-electron chi connectivity index (χ4n) is 2.84. The molecule has 6 heteroatoms. The SMILES string of the molecule is CNc1cccc(NCC2CCN(C(C)C)C2)c1[N+](=O)[O-]. The molecular weight excluding hydrogens is 268 g/mol. The largest absolute Gasteiger partial charge is 0.382 e. The molecule has 0 aliphatic carbocycles. The summed E-state index contributed by atoms with van der Waals surface area (Å²) < 4.78 is 0. The number of para-hydroxylation sites is 1. The molecule has 0 aromatic heterocycles. The summed E-state index contributed by atoms with van der Waals surface area (Å²) >= 11 is 0. The van der Waals surface area contributed by atoms with E-state index < -0.39 is 0 Å². The third-order valence-corrected chi connectivity index (χ3v) is 4.12. The Labute approximate surface area is 125 Å². The third-order valence-electron chi connectivity index (χ3n) is 4.12. The third kappa shape index (κ3) is 3.64. The monoisotopic (exact) mass is 292 g/mol. The zero-order chi connectivity index (χ0) is 15.4. The van der Waals surface area contributed by atoms with E-state index in [2.05, 4.69) is 29.4 Å². The van der Waals surface area contributed by atoms with Crippen molar-refractivity contribution >= 4 is 17.1 Å². The van der Waals surface area contributed by atoms with Gasteiger partial charge in [-0.1, -0.05) is 6.07 Å². The standard InChI is InChI=1S/C15H24N4O2/c1-11(2)18-8-7-12(10-18)9-17-14-6-4-5-13(16-3)15(14)19(20)21/h4-6,11-12,16-17H,7-10H2,1-3H3. The van der Waals surface area contributed by atoms with Crippen molar-refractivity contribution in [2.75, 3.05) is 37.3 Å². The average molecular weight is 292 g/mol. The fourth-order valence-corrected chi connectivity index (χ4v) is 2.84. The zero-order valence-electron chi connectivity index (χ0n) is 12.9. The molecule has 2 N–H and O–H groups in total. The van der Waals surface area contributed by atoms with E-state index in [1.54, 1.807) is 19.2 Å². The molecule has 1 saturated heterocycles. The molecule has 0 spiro atoms. The molecule has 116 valence electrons. The highest BCUT2D eigenvalue weighted by Gasteiger charge is 2.25. The fraction of sp³-hybridized carbons (Fsp3) is 0.600. The average Bonchev–Trinajstić information content (AvgIpc) is 2.93. The van der Waals surface area contributed by atoms with Crippen molar-refractivity contribution in [1.82, 2.24) is 4.90 Å². The quantitative estimate of drug-likeness (QED) is 0.623. The number of hydrogen-bond acceptors (Lipinski definition) is 5. The van der Waals surface area contributed by atoms with Crippen molar-refractivity contribution in [3.05, 3.63) is 28.3 Å². The van der Waals surface area contributed by atoms with Gasteiger partial charge in [0.15, 0.2) is 0 Å². The Bertz CT molecular complexity index is 504. The Hall–Kier alpha value is -1.82. The van der Waals surface area contributed by atoms with Crippen LogP contribution in [0.5, 0.6) is 0 Å². The molecule has 1 unspecified atom stereocenters. The molecule has 0 amide bonds. The molecular formula is C15H24N4O2. The number of nitrogens with one attached hydrogen (secondary N) is 2. The molecule has 6 nitrogen and oxygen atoms in total. The van der Waals surface area contributed by atoms with E-state index >= 15 is 0 Å². The Morgan fingerprint density at radius 2 is 2.14 bits per heavy atom. The van der Waals surface area contributed by atoms with Crippen molar-refractivity contribution < 1.29 is 4.92 Å². The van der Waals surface area contributed by atoms with Gasteiger partial charge in [-0.2, -0.15) is 0 Å². The van der Waals surface area contributed by atoms with Gasteiger partial charge in [0, 0.05) is 26.2 Å².